The Hall–Kier alpha value is -2.27. The van der Waals surface area contributed by atoms with Crippen molar-refractivity contribution in [2.45, 2.75) is 12.8 Å². The van der Waals surface area contributed by atoms with Crippen molar-refractivity contribution in [2.24, 2.45) is 0 Å². The van der Waals surface area contributed by atoms with E-state index in [1.807, 2.05) is 28.9 Å². The summed E-state index contributed by atoms with van der Waals surface area (Å²) in [5, 5.41) is 8.35. The number of anilines is 1. The Morgan fingerprint density at radius 3 is 2.58 bits per heavy atom. The summed E-state index contributed by atoms with van der Waals surface area (Å²) in [5.41, 5.74) is 4.78. The molecule has 2 aromatic carbocycles. The highest BCUT2D eigenvalue weighted by Gasteiger charge is 2.22. The van der Waals surface area contributed by atoms with Gasteiger partial charge in [-0.05, 0) is 48.4 Å². The van der Waals surface area contributed by atoms with Crippen LogP contribution in [0.3, 0.4) is 0 Å². The molecule has 0 fully saturated rings. The Kier molecular flexibility index (Phi) is 4.02. The zero-order valence-corrected chi connectivity index (χ0v) is 15.0. The van der Waals surface area contributed by atoms with Crippen LogP contribution in [0.2, 0.25) is 0 Å². The number of fused-ring (bicyclic) bond motifs is 1. The van der Waals surface area contributed by atoms with E-state index in [9.17, 15) is 0 Å². The minimum absolute atomic E-state index is 0.831. The Bertz CT molecular complexity index is 854. The Morgan fingerprint density at radius 2 is 1.88 bits per heavy atom. The molecule has 0 saturated heterocycles. The topological polar surface area (TPSA) is 39.1 Å². The first-order valence-electron chi connectivity index (χ1n) is 7.98. The first-order valence-corrected chi connectivity index (χ1v) is 8.77. The summed E-state index contributed by atoms with van der Waals surface area (Å²) in [6, 6.07) is 16.4. The van der Waals surface area contributed by atoms with Crippen molar-refractivity contribution in [1.29, 1.82) is 0 Å². The van der Waals surface area contributed by atoms with Gasteiger partial charge in [0.1, 0.15) is 11.6 Å². The van der Waals surface area contributed by atoms with Crippen molar-refractivity contribution in [2.75, 3.05) is 19.0 Å². The molecule has 4 nitrogen and oxygen atoms in total. The maximum Gasteiger partial charge on any atom is 0.133 e. The van der Waals surface area contributed by atoms with Gasteiger partial charge in [0.2, 0.25) is 0 Å². The van der Waals surface area contributed by atoms with Crippen molar-refractivity contribution in [3.05, 3.63) is 69.8 Å². The van der Waals surface area contributed by atoms with Gasteiger partial charge >= 0.3 is 0 Å². The minimum atomic E-state index is 0.831. The van der Waals surface area contributed by atoms with Gasteiger partial charge in [0.25, 0.3) is 0 Å². The van der Waals surface area contributed by atoms with E-state index in [1.165, 1.54) is 11.1 Å². The second-order valence-electron chi connectivity index (χ2n) is 5.86. The van der Waals surface area contributed by atoms with Gasteiger partial charge in [-0.15, -0.1) is 0 Å². The van der Waals surface area contributed by atoms with Crippen LogP contribution in [0.5, 0.6) is 5.75 Å². The van der Waals surface area contributed by atoms with Crippen molar-refractivity contribution < 1.29 is 4.74 Å². The lowest BCUT2D eigenvalue weighted by molar-refractivity contribution is 0.414. The fraction of sp³-hybridized carbons (Fsp3) is 0.211. The molecule has 0 unspecified atom stereocenters. The summed E-state index contributed by atoms with van der Waals surface area (Å²) in [6.45, 7) is 0.972. The molecule has 5 heteroatoms. The fourth-order valence-corrected chi connectivity index (χ4v) is 3.36. The molecule has 1 N–H and O–H groups in total. The SMILES string of the molecule is COc1ccc(Cc2nn(-c3ccc(Br)cc3)c3c2CCN3)cc1. The van der Waals surface area contributed by atoms with E-state index in [2.05, 4.69) is 45.5 Å². The van der Waals surface area contributed by atoms with Gasteiger partial charge in [-0.25, -0.2) is 4.68 Å². The molecule has 0 bridgehead atoms. The molecule has 0 spiro atoms. The summed E-state index contributed by atoms with van der Waals surface area (Å²) in [6.07, 6.45) is 1.86. The lowest BCUT2D eigenvalue weighted by atomic mass is 10.1. The number of aromatic nitrogens is 2. The lowest BCUT2D eigenvalue weighted by Gasteiger charge is -2.06. The van der Waals surface area contributed by atoms with E-state index >= 15 is 0 Å². The van der Waals surface area contributed by atoms with Gasteiger partial charge < -0.3 is 10.1 Å². The number of nitrogens with one attached hydrogen (secondary N) is 1. The van der Waals surface area contributed by atoms with Crippen molar-refractivity contribution in [1.82, 2.24) is 9.78 Å². The van der Waals surface area contributed by atoms with Crippen molar-refractivity contribution in [3.8, 4) is 11.4 Å². The quantitative estimate of drug-likeness (QED) is 0.733. The maximum absolute atomic E-state index is 5.23. The predicted octanol–water partition coefficient (Wildman–Crippen LogP) is 4.20. The zero-order valence-electron chi connectivity index (χ0n) is 13.4. The van der Waals surface area contributed by atoms with Crippen LogP contribution in [-0.2, 0) is 12.8 Å². The number of hydrogen-bond donors (Lipinski definition) is 1. The minimum Gasteiger partial charge on any atom is -0.497 e. The average Bonchev–Trinajstić information content (AvgIpc) is 3.20. The molecule has 0 radical (unpaired) electrons. The van der Waals surface area contributed by atoms with Gasteiger partial charge in [0.15, 0.2) is 0 Å². The van der Waals surface area contributed by atoms with Crippen LogP contribution in [0.1, 0.15) is 16.8 Å². The smallest absolute Gasteiger partial charge is 0.133 e. The first kappa shape index (κ1) is 15.3. The number of methoxy groups -OCH3 is 1. The van der Waals surface area contributed by atoms with Gasteiger partial charge in [-0.1, -0.05) is 28.1 Å². The molecule has 0 atom stereocenters. The summed E-state index contributed by atoms with van der Waals surface area (Å²) >= 11 is 3.49. The third-order valence-corrected chi connectivity index (χ3v) is 4.86. The summed E-state index contributed by atoms with van der Waals surface area (Å²) < 4.78 is 8.32. The molecule has 0 amide bonds. The van der Waals surface area contributed by atoms with E-state index in [0.717, 1.165) is 46.8 Å². The second kappa shape index (κ2) is 6.32. The van der Waals surface area contributed by atoms with E-state index in [4.69, 9.17) is 9.84 Å². The average molecular weight is 384 g/mol. The van der Waals surface area contributed by atoms with Crippen LogP contribution < -0.4 is 10.1 Å². The van der Waals surface area contributed by atoms with Gasteiger partial charge in [-0.3, -0.25) is 0 Å². The molecule has 24 heavy (non-hydrogen) atoms. The highest BCUT2D eigenvalue weighted by molar-refractivity contribution is 9.10. The van der Waals surface area contributed by atoms with Crippen LogP contribution in [-0.4, -0.2) is 23.4 Å². The van der Waals surface area contributed by atoms with Crippen LogP contribution in [0.15, 0.2) is 53.0 Å². The molecule has 1 aliphatic heterocycles. The zero-order chi connectivity index (χ0) is 16.5. The number of hydrogen-bond acceptors (Lipinski definition) is 3. The van der Waals surface area contributed by atoms with Crippen LogP contribution in [0.4, 0.5) is 5.82 Å². The summed E-state index contributed by atoms with van der Waals surface area (Å²) in [5.74, 6) is 2.01. The fourth-order valence-electron chi connectivity index (χ4n) is 3.09. The number of benzene rings is 2. The Labute approximate surface area is 149 Å². The third-order valence-electron chi connectivity index (χ3n) is 4.34. The molecule has 0 aliphatic carbocycles. The molecule has 2 heterocycles. The molecule has 122 valence electrons. The van der Waals surface area contributed by atoms with E-state index < -0.39 is 0 Å². The second-order valence-corrected chi connectivity index (χ2v) is 6.78. The Balaban J connectivity index is 1.68. The normalized spacial score (nSPS) is 12.8. The Morgan fingerprint density at radius 1 is 1.12 bits per heavy atom. The highest BCUT2D eigenvalue weighted by Crippen LogP contribution is 2.30. The lowest BCUT2D eigenvalue weighted by Crippen LogP contribution is -2.05. The van der Waals surface area contributed by atoms with Crippen LogP contribution in [0.25, 0.3) is 5.69 Å². The monoisotopic (exact) mass is 383 g/mol. The molecule has 1 aromatic heterocycles. The molecule has 0 saturated carbocycles. The van der Waals surface area contributed by atoms with E-state index in [1.54, 1.807) is 7.11 Å². The maximum atomic E-state index is 5.23. The standard InChI is InChI=1S/C19H18BrN3O/c1-24-16-8-2-13(3-9-16)12-18-17-10-11-21-19(17)23(22-18)15-6-4-14(20)5-7-15/h2-9,21H,10-12H2,1H3. The van der Waals surface area contributed by atoms with Crippen molar-refractivity contribution in [3.63, 3.8) is 0 Å². The molecule has 3 aromatic rings. The number of halogens is 1. The predicted molar refractivity (Wildman–Crippen MR) is 99.3 cm³/mol. The number of ether oxygens (including phenoxy) is 1. The summed E-state index contributed by atoms with van der Waals surface area (Å²) in [7, 11) is 1.69. The third kappa shape index (κ3) is 2.80. The number of rotatable bonds is 4. The van der Waals surface area contributed by atoms with Gasteiger partial charge in [0.05, 0.1) is 18.5 Å². The molecule has 1 aliphatic rings. The largest absolute Gasteiger partial charge is 0.497 e. The first-order chi connectivity index (χ1) is 11.7. The van der Waals surface area contributed by atoms with Crippen molar-refractivity contribution >= 4 is 21.7 Å². The molecular weight excluding hydrogens is 366 g/mol. The molecular formula is C19H18BrN3O. The van der Waals surface area contributed by atoms with Crippen LogP contribution in [0, 0.1) is 0 Å². The van der Waals surface area contributed by atoms with Crippen LogP contribution >= 0.6 is 15.9 Å². The summed E-state index contributed by atoms with van der Waals surface area (Å²) in [4.78, 5) is 0. The van der Waals surface area contributed by atoms with E-state index in [0.29, 0.717) is 0 Å². The molecule has 4 rings (SSSR count). The highest BCUT2D eigenvalue weighted by atomic mass is 79.9. The van der Waals surface area contributed by atoms with Gasteiger partial charge in [-0.2, -0.15) is 5.10 Å². The van der Waals surface area contributed by atoms with Gasteiger partial charge in [0, 0.05) is 23.0 Å². The van der Waals surface area contributed by atoms with E-state index in [-0.39, 0.29) is 0 Å². The number of nitrogens with zero attached hydrogens (tertiary/aromatic N) is 2.